The lowest BCUT2D eigenvalue weighted by Crippen LogP contribution is -3.00. The molecule has 14 heteroatoms. The molecule has 1 fully saturated rings. The number of fused-ring (bicyclic) bond motifs is 1. The summed E-state index contributed by atoms with van der Waals surface area (Å²) in [6.07, 6.45) is 4.57. The van der Waals surface area contributed by atoms with Crippen LogP contribution in [0.25, 0.3) is 0 Å². The number of rotatable bonds is 18. The predicted molar refractivity (Wildman–Crippen MR) is 208 cm³/mol. The van der Waals surface area contributed by atoms with E-state index in [4.69, 9.17) is 37.9 Å². The zero-order chi connectivity index (χ0) is 39.4. The molecule has 0 amide bonds. The van der Waals surface area contributed by atoms with Gasteiger partial charge < -0.3 is 71.7 Å². The van der Waals surface area contributed by atoms with Crippen molar-refractivity contribution in [3.8, 4) is 28.7 Å². The molecule has 1 saturated heterocycles. The van der Waals surface area contributed by atoms with E-state index in [1.807, 2.05) is 24.3 Å². The van der Waals surface area contributed by atoms with Gasteiger partial charge >= 0.3 is 11.9 Å². The summed E-state index contributed by atoms with van der Waals surface area (Å²) in [6.45, 7) is 8.06. The molecular weight excluding hydrogens is 775 g/mol. The number of morpholine rings is 1. The van der Waals surface area contributed by atoms with Crippen LogP contribution in [0.15, 0.2) is 66.7 Å². The summed E-state index contributed by atoms with van der Waals surface area (Å²) in [5, 5.41) is 0. The molecule has 3 aromatic carbocycles. The fourth-order valence-corrected chi connectivity index (χ4v) is 7.86. The van der Waals surface area contributed by atoms with Crippen molar-refractivity contribution in [2.45, 2.75) is 44.8 Å². The van der Waals surface area contributed by atoms with Crippen LogP contribution >= 0.6 is 0 Å². The molecule has 0 aromatic heterocycles. The molecule has 3 atom stereocenters. The molecule has 0 aliphatic carbocycles. The Kier molecular flexibility index (Phi) is 18.3. The number of quaternary nitrogens is 2. The Hall–Kier alpha value is -4.20. The van der Waals surface area contributed by atoms with Gasteiger partial charge in [0, 0.05) is 42.5 Å². The van der Waals surface area contributed by atoms with Crippen LogP contribution in [-0.2, 0) is 43.2 Å². The highest BCUT2D eigenvalue weighted by Crippen LogP contribution is 2.44. The molecule has 0 radical (unpaired) electrons. The molecule has 0 saturated carbocycles. The van der Waals surface area contributed by atoms with Gasteiger partial charge in [0.2, 0.25) is 0 Å². The lowest BCUT2D eigenvalue weighted by Gasteiger charge is -2.49. The molecule has 2 unspecified atom stereocenters. The zero-order valence-electron chi connectivity index (χ0n) is 34.2. The van der Waals surface area contributed by atoms with E-state index in [0.717, 1.165) is 73.5 Å². The van der Waals surface area contributed by atoms with Gasteiger partial charge in [-0.2, -0.15) is 0 Å². The van der Waals surface area contributed by atoms with Gasteiger partial charge in [0.25, 0.3) is 0 Å². The fraction of sp³-hybridized carbons (Fsp3) is 0.488. The number of carbonyl (C=O) groups excluding carboxylic acids is 2. The van der Waals surface area contributed by atoms with E-state index < -0.39 is 11.9 Å². The number of nitrogens with zero attached hydrogens (tertiary/aromatic N) is 2. The Bertz CT molecular complexity index is 1780. The van der Waals surface area contributed by atoms with Crippen molar-refractivity contribution in [2.24, 2.45) is 0 Å². The van der Waals surface area contributed by atoms with Gasteiger partial charge in [-0.05, 0) is 60.5 Å². The van der Waals surface area contributed by atoms with Crippen LogP contribution in [-0.4, -0.2) is 122 Å². The summed E-state index contributed by atoms with van der Waals surface area (Å²) in [6, 6.07) is 18.3. The second kappa shape index (κ2) is 22.1. The average Bonchev–Trinajstić information content (AvgIpc) is 3.21. The van der Waals surface area contributed by atoms with Crippen LogP contribution in [0.3, 0.4) is 0 Å². The maximum Gasteiger partial charge on any atom is 0.331 e. The van der Waals surface area contributed by atoms with Crippen molar-refractivity contribution in [2.75, 3.05) is 95.2 Å². The predicted octanol–water partition coefficient (Wildman–Crippen LogP) is -0.507. The normalized spacial score (nSPS) is 18.8. The molecule has 0 spiro atoms. The van der Waals surface area contributed by atoms with Crippen LogP contribution in [0.4, 0.5) is 0 Å². The summed E-state index contributed by atoms with van der Waals surface area (Å²) >= 11 is 0. The smallest absolute Gasteiger partial charge is 0.331 e. The topological polar surface area (TPSA) is 108 Å². The zero-order valence-corrected chi connectivity index (χ0v) is 35.7. The van der Waals surface area contributed by atoms with Crippen molar-refractivity contribution >= 4 is 11.9 Å². The molecule has 57 heavy (non-hydrogen) atoms. The van der Waals surface area contributed by atoms with E-state index in [9.17, 15) is 9.59 Å². The number of carbonyl (C=O) groups is 2. The van der Waals surface area contributed by atoms with Crippen LogP contribution in [0, 0.1) is 0 Å². The minimum Gasteiger partial charge on any atom is -1.00 e. The number of likely N-dealkylation sites (N-methyl/N-ethyl adjacent to an activating group) is 1. The van der Waals surface area contributed by atoms with Crippen LogP contribution in [0.1, 0.15) is 41.6 Å². The third kappa shape index (κ3) is 11.9. The second-order valence-corrected chi connectivity index (χ2v) is 14.6. The fourth-order valence-electron chi connectivity index (χ4n) is 7.86. The standard InChI is InChI=1S/C43H58N2O10.2ClH/c1-31(44(2)19-17-34-27-40(51-6)41(52-7)28-36(34)37(44)25-32-9-12-35(48-3)13-10-32)30-55-43(47)16-15-42(46)54-22-8-18-45(20-23-53-24-21-45)29-33-11-14-38(49-4)39(26-33)50-5;;/h9-16,26-28,31,37H,8,17-25,29-30H2,1-7H3;2*1H/q+2;;/p-2/b16-15+;;/t31?,37-,44?;;/m1../s1. The van der Waals surface area contributed by atoms with Crippen molar-refractivity contribution in [1.82, 2.24) is 0 Å². The van der Waals surface area contributed by atoms with Crippen molar-refractivity contribution in [3.05, 3.63) is 89.0 Å². The highest BCUT2D eigenvalue weighted by Gasteiger charge is 2.44. The number of methoxy groups -OCH3 is 5. The maximum atomic E-state index is 12.9. The van der Waals surface area contributed by atoms with E-state index in [-0.39, 0.29) is 50.1 Å². The first-order valence-electron chi connectivity index (χ1n) is 18.9. The second-order valence-electron chi connectivity index (χ2n) is 14.6. The van der Waals surface area contributed by atoms with Crippen LogP contribution < -0.4 is 48.5 Å². The molecule has 12 nitrogen and oxygen atoms in total. The molecule has 2 aliphatic rings. The van der Waals surface area contributed by atoms with Crippen molar-refractivity contribution < 1.29 is 81.3 Å². The van der Waals surface area contributed by atoms with E-state index >= 15 is 0 Å². The lowest BCUT2D eigenvalue weighted by atomic mass is 9.85. The van der Waals surface area contributed by atoms with Crippen LogP contribution in [0.5, 0.6) is 28.7 Å². The Morgan fingerprint density at radius 3 is 1.98 bits per heavy atom. The number of hydrogen-bond acceptors (Lipinski definition) is 10. The molecule has 2 heterocycles. The first kappa shape index (κ1) is 47.2. The van der Waals surface area contributed by atoms with Gasteiger partial charge in [0.05, 0.1) is 75.5 Å². The SMILES string of the molecule is COc1ccc(C[C@@H]2c3cc(OC)c(OC)cc3CC[N+]2(C)C(C)COC(=O)/C=C/C(=O)OCCC[N+]2(Cc3ccc(OC)c(OC)c3)CCOCC2)cc1.[Cl-].[Cl-]. The monoisotopic (exact) mass is 832 g/mol. The van der Waals surface area contributed by atoms with Gasteiger partial charge in [-0.25, -0.2) is 9.59 Å². The third-order valence-corrected chi connectivity index (χ3v) is 11.4. The Morgan fingerprint density at radius 1 is 0.754 bits per heavy atom. The molecular formula is C43H58Cl2N2O10. The number of halogens is 2. The number of hydrogen-bond donors (Lipinski definition) is 0. The average molecular weight is 834 g/mol. The van der Waals surface area contributed by atoms with E-state index in [2.05, 4.69) is 44.3 Å². The van der Waals surface area contributed by atoms with Crippen LogP contribution in [0.2, 0.25) is 0 Å². The molecule has 3 aromatic rings. The molecule has 0 bridgehead atoms. The summed E-state index contributed by atoms with van der Waals surface area (Å²) in [5.74, 6) is 2.43. The Balaban J connectivity index is 0.00000435. The van der Waals surface area contributed by atoms with Gasteiger partial charge in [0.15, 0.2) is 23.0 Å². The molecule has 5 rings (SSSR count). The Labute approximate surface area is 349 Å². The van der Waals surface area contributed by atoms with Gasteiger partial charge in [-0.3, -0.25) is 0 Å². The third-order valence-electron chi connectivity index (χ3n) is 11.4. The summed E-state index contributed by atoms with van der Waals surface area (Å²) < 4.78 is 46.0. The van der Waals surface area contributed by atoms with Gasteiger partial charge in [0.1, 0.15) is 44.1 Å². The number of benzene rings is 3. The maximum absolute atomic E-state index is 12.9. The van der Waals surface area contributed by atoms with Crippen molar-refractivity contribution in [3.63, 3.8) is 0 Å². The van der Waals surface area contributed by atoms with E-state index in [0.29, 0.717) is 47.1 Å². The van der Waals surface area contributed by atoms with E-state index in [1.54, 1.807) is 35.5 Å². The van der Waals surface area contributed by atoms with Crippen molar-refractivity contribution in [1.29, 1.82) is 0 Å². The van der Waals surface area contributed by atoms with E-state index in [1.165, 1.54) is 16.7 Å². The first-order chi connectivity index (χ1) is 26.6. The summed E-state index contributed by atoms with van der Waals surface area (Å²) in [5.41, 5.74) is 4.72. The lowest BCUT2D eigenvalue weighted by molar-refractivity contribution is -0.962. The molecule has 2 aliphatic heterocycles. The first-order valence-corrected chi connectivity index (χ1v) is 18.9. The summed E-state index contributed by atoms with van der Waals surface area (Å²) in [7, 11) is 10.4. The molecule has 0 N–H and O–H groups in total. The van der Waals surface area contributed by atoms with Gasteiger partial charge in [-0.1, -0.05) is 12.1 Å². The number of esters is 2. The summed E-state index contributed by atoms with van der Waals surface area (Å²) in [4.78, 5) is 25.5. The highest BCUT2D eigenvalue weighted by atomic mass is 35.5. The highest BCUT2D eigenvalue weighted by molar-refractivity contribution is 5.91. The largest absolute Gasteiger partial charge is 1.00 e. The quantitative estimate of drug-likeness (QED) is 0.0721. The minimum absolute atomic E-state index is 0. The van der Waals surface area contributed by atoms with Gasteiger partial charge in [-0.15, -0.1) is 0 Å². The minimum atomic E-state index is -0.585. The molecule has 314 valence electrons. The Morgan fingerprint density at radius 2 is 1.35 bits per heavy atom. The number of ether oxygens (including phenoxy) is 8.